The summed E-state index contributed by atoms with van der Waals surface area (Å²) in [5.41, 5.74) is 2.61. The summed E-state index contributed by atoms with van der Waals surface area (Å²) < 4.78 is 0. The molecule has 2 atom stereocenters. The maximum atomic E-state index is 13.1. The summed E-state index contributed by atoms with van der Waals surface area (Å²) >= 11 is 0. The third kappa shape index (κ3) is 5.75. The summed E-state index contributed by atoms with van der Waals surface area (Å²) in [5, 5.41) is 17.7. The molecule has 0 bridgehead atoms. The number of piperidine rings is 1. The number of nitrogens with one attached hydrogen (secondary N) is 3. The Hall–Kier alpha value is -4.78. The van der Waals surface area contributed by atoms with Crippen LogP contribution < -0.4 is 16.0 Å². The number of nitrogens with zero attached hydrogens (tertiary/aromatic N) is 2. The van der Waals surface area contributed by atoms with E-state index in [1.807, 2.05) is 56.3 Å². The van der Waals surface area contributed by atoms with Crippen molar-refractivity contribution >= 4 is 40.9 Å². The van der Waals surface area contributed by atoms with E-state index in [1.54, 1.807) is 6.07 Å². The van der Waals surface area contributed by atoms with Crippen LogP contribution in [0.2, 0.25) is 0 Å². The van der Waals surface area contributed by atoms with Gasteiger partial charge >= 0.3 is 0 Å². The number of imide groups is 2. The molecule has 10 heteroatoms. The molecule has 2 unspecified atom stereocenters. The average Bonchev–Trinajstić information content (AvgIpc) is 3.69. The van der Waals surface area contributed by atoms with E-state index in [2.05, 4.69) is 22.0 Å². The van der Waals surface area contributed by atoms with Crippen LogP contribution in [0.5, 0.6) is 0 Å². The Labute approximate surface area is 237 Å². The molecule has 3 aliphatic rings. The number of carbonyl (C=O) groups is 5. The Morgan fingerprint density at radius 3 is 2.51 bits per heavy atom. The van der Waals surface area contributed by atoms with Crippen molar-refractivity contribution in [2.75, 3.05) is 10.6 Å². The molecule has 1 saturated heterocycles. The standard InChI is InChI=1S/C31H31N5O5/c1-18(2)23(15-27(38)34-22-8-4-6-20(14-22)31(17-32)11-12-31)19-5-3-7-21(13-19)33-24-16-28(39)36(30(24)41)25-9-10-26(37)35-29(25)40/h3-8,13-14,16,18,23,25,33H,9-12,15H2,1-2H3,(H,34,38)(H,35,37,40). The zero-order chi connectivity index (χ0) is 29.3. The van der Waals surface area contributed by atoms with Crippen LogP contribution in [0, 0.1) is 17.2 Å². The van der Waals surface area contributed by atoms with Crippen LogP contribution in [-0.2, 0) is 29.4 Å². The number of nitriles is 1. The molecule has 1 saturated carbocycles. The summed E-state index contributed by atoms with van der Waals surface area (Å²) in [4.78, 5) is 63.3. The van der Waals surface area contributed by atoms with Gasteiger partial charge in [-0.05, 0) is 66.5 Å². The number of carbonyl (C=O) groups excluding carboxylic acids is 5. The van der Waals surface area contributed by atoms with Gasteiger partial charge in [0, 0.05) is 30.3 Å². The minimum atomic E-state index is -1.03. The molecule has 210 valence electrons. The fraction of sp³-hybridized carbons (Fsp3) is 0.355. The van der Waals surface area contributed by atoms with Crippen LogP contribution in [0.25, 0.3) is 0 Å². The number of rotatable bonds is 9. The highest BCUT2D eigenvalue weighted by Crippen LogP contribution is 2.48. The van der Waals surface area contributed by atoms with Crippen molar-refractivity contribution < 1.29 is 24.0 Å². The molecule has 2 aromatic carbocycles. The van der Waals surface area contributed by atoms with Crippen LogP contribution in [-0.4, -0.2) is 40.5 Å². The molecule has 5 rings (SSSR count). The lowest BCUT2D eigenvalue weighted by Crippen LogP contribution is -2.54. The molecule has 2 aliphatic heterocycles. The number of anilines is 2. The molecule has 0 radical (unpaired) electrons. The molecule has 3 N–H and O–H groups in total. The molecule has 5 amide bonds. The highest BCUT2D eigenvalue weighted by molar-refractivity contribution is 6.20. The predicted octanol–water partition coefficient (Wildman–Crippen LogP) is 3.48. The van der Waals surface area contributed by atoms with Crippen molar-refractivity contribution in [1.29, 1.82) is 5.26 Å². The molecule has 10 nitrogen and oxygen atoms in total. The number of benzene rings is 2. The van der Waals surface area contributed by atoms with Crippen LogP contribution in [0.4, 0.5) is 11.4 Å². The van der Waals surface area contributed by atoms with Crippen LogP contribution in [0.3, 0.4) is 0 Å². The molecule has 41 heavy (non-hydrogen) atoms. The van der Waals surface area contributed by atoms with E-state index < -0.39 is 35.1 Å². The van der Waals surface area contributed by atoms with Crippen LogP contribution in [0.15, 0.2) is 60.3 Å². The van der Waals surface area contributed by atoms with Gasteiger partial charge in [-0.3, -0.25) is 34.2 Å². The van der Waals surface area contributed by atoms with Gasteiger partial charge in [0.15, 0.2) is 0 Å². The van der Waals surface area contributed by atoms with Crippen molar-refractivity contribution in [3.8, 4) is 6.07 Å². The Bertz CT molecular complexity index is 1520. The molecule has 0 aromatic heterocycles. The minimum absolute atomic E-state index is 0.0291. The lowest BCUT2D eigenvalue weighted by Gasteiger charge is -2.28. The highest BCUT2D eigenvalue weighted by Gasteiger charge is 2.45. The fourth-order valence-electron chi connectivity index (χ4n) is 5.44. The average molecular weight is 554 g/mol. The summed E-state index contributed by atoms with van der Waals surface area (Å²) in [7, 11) is 0. The van der Waals surface area contributed by atoms with E-state index in [0.717, 1.165) is 34.9 Å². The number of hydrogen-bond donors (Lipinski definition) is 3. The Balaban J connectivity index is 1.26. The first-order chi connectivity index (χ1) is 19.6. The molecular formula is C31H31N5O5. The lowest BCUT2D eigenvalue weighted by molar-refractivity contribution is -0.149. The largest absolute Gasteiger partial charge is 0.351 e. The Morgan fingerprint density at radius 1 is 1.10 bits per heavy atom. The summed E-state index contributed by atoms with van der Waals surface area (Å²) in [5.74, 6) is -2.52. The van der Waals surface area contributed by atoms with Crippen molar-refractivity contribution in [3.05, 3.63) is 71.4 Å². The Morgan fingerprint density at radius 2 is 1.83 bits per heavy atom. The fourth-order valence-corrected chi connectivity index (χ4v) is 5.44. The molecule has 1 aliphatic carbocycles. The van der Waals surface area contributed by atoms with Gasteiger partial charge < -0.3 is 10.6 Å². The summed E-state index contributed by atoms with van der Waals surface area (Å²) in [6.45, 7) is 4.06. The van der Waals surface area contributed by atoms with Gasteiger partial charge in [0.25, 0.3) is 11.8 Å². The van der Waals surface area contributed by atoms with Gasteiger partial charge in [-0.1, -0.05) is 38.1 Å². The van der Waals surface area contributed by atoms with Gasteiger partial charge in [0.05, 0.1) is 11.5 Å². The van der Waals surface area contributed by atoms with Crippen LogP contribution >= 0.6 is 0 Å². The normalized spacial score (nSPS) is 20.3. The van der Waals surface area contributed by atoms with Gasteiger partial charge in [-0.2, -0.15) is 5.26 Å². The van der Waals surface area contributed by atoms with Gasteiger partial charge in [0.2, 0.25) is 17.7 Å². The van der Waals surface area contributed by atoms with Crippen molar-refractivity contribution in [1.82, 2.24) is 10.2 Å². The van der Waals surface area contributed by atoms with E-state index in [1.165, 1.54) is 0 Å². The summed E-state index contributed by atoms with van der Waals surface area (Å²) in [6, 6.07) is 16.1. The van der Waals surface area contributed by atoms with Gasteiger partial charge in [-0.15, -0.1) is 0 Å². The molecule has 2 fully saturated rings. The zero-order valence-electron chi connectivity index (χ0n) is 22.9. The van der Waals surface area contributed by atoms with Crippen molar-refractivity contribution in [3.63, 3.8) is 0 Å². The lowest BCUT2D eigenvalue weighted by atomic mass is 9.85. The first kappa shape index (κ1) is 27.8. The first-order valence-corrected chi connectivity index (χ1v) is 13.7. The third-order valence-corrected chi connectivity index (χ3v) is 7.94. The monoisotopic (exact) mass is 553 g/mol. The highest BCUT2D eigenvalue weighted by atomic mass is 16.2. The van der Waals surface area contributed by atoms with E-state index in [4.69, 9.17) is 0 Å². The minimum Gasteiger partial charge on any atom is -0.351 e. The van der Waals surface area contributed by atoms with Crippen LogP contribution in [0.1, 0.15) is 63.0 Å². The topological polar surface area (TPSA) is 148 Å². The second-order valence-electron chi connectivity index (χ2n) is 11.2. The van der Waals surface area contributed by atoms with E-state index in [0.29, 0.717) is 11.4 Å². The second-order valence-corrected chi connectivity index (χ2v) is 11.2. The van der Waals surface area contributed by atoms with Gasteiger partial charge in [-0.25, -0.2) is 0 Å². The van der Waals surface area contributed by atoms with Gasteiger partial charge in [0.1, 0.15) is 11.7 Å². The zero-order valence-corrected chi connectivity index (χ0v) is 22.9. The third-order valence-electron chi connectivity index (χ3n) is 7.94. The SMILES string of the molecule is CC(C)C(CC(=O)Nc1cccc(C2(C#N)CC2)c1)c1cccc(NC2=CC(=O)N(C3CCC(=O)NC3=O)C2=O)c1. The van der Waals surface area contributed by atoms with Crippen molar-refractivity contribution in [2.45, 2.75) is 63.3 Å². The smallest absolute Gasteiger partial charge is 0.278 e. The van der Waals surface area contributed by atoms with E-state index in [9.17, 15) is 29.2 Å². The molecule has 2 aromatic rings. The van der Waals surface area contributed by atoms with Crippen molar-refractivity contribution in [2.24, 2.45) is 5.92 Å². The summed E-state index contributed by atoms with van der Waals surface area (Å²) in [6.07, 6.45) is 3.16. The predicted molar refractivity (Wildman–Crippen MR) is 150 cm³/mol. The quantitative estimate of drug-likeness (QED) is 0.403. The maximum Gasteiger partial charge on any atom is 0.278 e. The number of hydrogen-bond acceptors (Lipinski definition) is 7. The molecular weight excluding hydrogens is 522 g/mol. The number of amides is 5. The molecule has 2 heterocycles. The second kappa shape index (κ2) is 11.0. The van der Waals surface area contributed by atoms with E-state index >= 15 is 0 Å². The van der Waals surface area contributed by atoms with E-state index in [-0.39, 0.29) is 42.7 Å². The molecule has 0 spiro atoms. The maximum absolute atomic E-state index is 13.1. The first-order valence-electron chi connectivity index (χ1n) is 13.7. The Kier molecular flexibility index (Phi) is 7.45.